The van der Waals surface area contributed by atoms with Gasteiger partial charge in [-0.15, -0.1) is 11.3 Å². The van der Waals surface area contributed by atoms with Gasteiger partial charge in [-0.3, -0.25) is 25.8 Å². The smallest absolute Gasteiger partial charge is 0.279 e. The van der Waals surface area contributed by atoms with Gasteiger partial charge in [0.15, 0.2) is 5.11 Å². The molecule has 1 aromatic heterocycles. The number of amides is 2. The maximum Gasteiger partial charge on any atom is 0.279 e. The Kier molecular flexibility index (Phi) is 6.28. The summed E-state index contributed by atoms with van der Waals surface area (Å²) in [6.45, 7) is 0. The van der Waals surface area contributed by atoms with Crippen molar-refractivity contribution in [3.05, 3.63) is 63.3 Å². The highest BCUT2D eigenvalue weighted by Gasteiger charge is 2.07. The van der Waals surface area contributed by atoms with Crippen LogP contribution in [0.3, 0.4) is 0 Å². The van der Waals surface area contributed by atoms with Crippen molar-refractivity contribution >= 4 is 58.2 Å². The van der Waals surface area contributed by atoms with Crippen molar-refractivity contribution in [3.8, 4) is 0 Å². The van der Waals surface area contributed by atoms with Gasteiger partial charge in [0.05, 0.1) is 4.88 Å². The number of hydrogen-bond donors (Lipinski definition) is 3. The number of thiocarbonyl (C=S) groups is 1. The largest absolute Gasteiger partial charge is 0.298 e. The molecule has 0 saturated carbocycles. The Labute approximate surface area is 147 Å². The van der Waals surface area contributed by atoms with Gasteiger partial charge < -0.3 is 0 Å². The summed E-state index contributed by atoms with van der Waals surface area (Å²) in [6.07, 6.45) is 2.96. The van der Waals surface area contributed by atoms with E-state index in [2.05, 4.69) is 16.2 Å². The van der Waals surface area contributed by atoms with Crippen molar-refractivity contribution in [2.75, 3.05) is 0 Å². The first-order valence-corrected chi connectivity index (χ1v) is 8.09. The van der Waals surface area contributed by atoms with Crippen LogP contribution in [0.5, 0.6) is 0 Å². The average molecular weight is 366 g/mol. The van der Waals surface area contributed by atoms with Crippen molar-refractivity contribution in [2.24, 2.45) is 0 Å². The van der Waals surface area contributed by atoms with E-state index >= 15 is 0 Å². The first-order valence-electron chi connectivity index (χ1n) is 6.43. The summed E-state index contributed by atoms with van der Waals surface area (Å²) in [5.41, 5.74) is 5.69. The number of rotatable bonds is 3. The number of thiophene rings is 1. The highest BCUT2D eigenvalue weighted by molar-refractivity contribution is 7.80. The maximum atomic E-state index is 11.7. The second-order valence-electron chi connectivity index (χ2n) is 4.26. The van der Waals surface area contributed by atoms with Crippen LogP contribution in [0.4, 0.5) is 0 Å². The zero-order chi connectivity index (χ0) is 16.7. The second kappa shape index (κ2) is 8.42. The van der Waals surface area contributed by atoms with Crippen LogP contribution >= 0.6 is 35.2 Å². The fourth-order valence-electron chi connectivity index (χ4n) is 1.51. The van der Waals surface area contributed by atoms with E-state index in [9.17, 15) is 9.59 Å². The van der Waals surface area contributed by atoms with E-state index in [0.29, 0.717) is 9.90 Å². The van der Waals surface area contributed by atoms with Gasteiger partial charge in [-0.1, -0.05) is 29.8 Å². The lowest BCUT2D eigenvalue weighted by atomic mass is 10.2. The molecule has 0 unspecified atom stereocenters. The molecule has 1 heterocycles. The van der Waals surface area contributed by atoms with E-state index in [1.54, 1.807) is 47.9 Å². The molecule has 0 spiro atoms. The van der Waals surface area contributed by atoms with E-state index in [4.69, 9.17) is 23.8 Å². The molecule has 0 atom stereocenters. The van der Waals surface area contributed by atoms with E-state index in [1.807, 2.05) is 0 Å². The molecule has 2 rings (SSSR count). The number of halogens is 1. The monoisotopic (exact) mass is 365 g/mol. The SMILES string of the molecule is O=C(/C=C/c1ccc(Cl)cc1)NC(=S)NNC(=O)c1cccs1. The van der Waals surface area contributed by atoms with Gasteiger partial charge in [0, 0.05) is 11.1 Å². The molecule has 118 valence electrons. The van der Waals surface area contributed by atoms with Crippen LogP contribution in [0, 0.1) is 0 Å². The lowest BCUT2D eigenvalue weighted by molar-refractivity contribution is -0.115. The minimum atomic E-state index is -0.414. The predicted octanol–water partition coefficient (Wildman–Crippen LogP) is 2.75. The molecule has 0 aliphatic carbocycles. The molecule has 2 aromatic rings. The summed E-state index contributed by atoms with van der Waals surface area (Å²) >= 11 is 12.0. The third kappa shape index (κ3) is 5.82. The Morgan fingerprint density at radius 2 is 1.87 bits per heavy atom. The van der Waals surface area contributed by atoms with Gasteiger partial charge in [-0.2, -0.15) is 0 Å². The zero-order valence-electron chi connectivity index (χ0n) is 11.7. The first kappa shape index (κ1) is 17.1. The molecule has 0 fully saturated rings. The van der Waals surface area contributed by atoms with Gasteiger partial charge in [0.2, 0.25) is 5.91 Å². The van der Waals surface area contributed by atoms with E-state index in [1.165, 1.54) is 17.4 Å². The predicted molar refractivity (Wildman–Crippen MR) is 96.1 cm³/mol. The van der Waals surface area contributed by atoms with Crippen LogP contribution in [-0.4, -0.2) is 16.9 Å². The molecule has 0 aliphatic heterocycles. The Bertz CT molecular complexity index is 728. The molecular formula is C15H12ClN3O2S2. The average Bonchev–Trinajstić information content (AvgIpc) is 3.06. The van der Waals surface area contributed by atoms with Crippen LogP contribution in [0.15, 0.2) is 47.9 Å². The van der Waals surface area contributed by atoms with Crippen LogP contribution in [0.25, 0.3) is 6.08 Å². The van der Waals surface area contributed by atoms with Crippen molar-refractivity contribution in [3.63, 3.8) is 0 Å². The molecule has 0 radical (unpaired) electrons. The number of hydrogen-bond acceptors (Lipinski definition) is 4. The molecule has 23 heavy (non-hydrogen) atoms. The quantitative estimate of drug-likeness (QED) is 0.444. The van der Waals surface area contributed by atoms with Gasteiger partial charge in [0.1, 0.15) is 0 Å². The first-order chi connectivity index (χ1) is 11.0. The minimum absolute atomic E-state index is 0.000613. The topological polar surface area (TPSA) is 70.2 Å². The van der Waals surface area contributed by atoms with Crippen LogP contribution in [0.1, 0.15) is 15.2 Å². The van der Waals surface area contributed by atoms with E-state index < -0.39 is 5.91 Å². The van der Waals surface area contributed by atoms with Gasteiger partial charge in [-0.05, 0) is 47.4 Å². The molecule has 0 aliphatic rings. The Morgan fingerprint density at radius 3 is 2.52 bits per heavy atom. The van der Waals surface area contributed by atoms with Crippen molar-refractivity contribution < 1.29 is 9.59 Å². The minimum Gasteiger partial charge on any atom is -0.298 e. The molecular weight excluding hydrogens is 354 g/mol. The number of benzene rings is 1. The molecule has 0 saturated heterocycles. The summed E-state index contributed by atoms with van der Waals surface area (Å²) in [6, 6.07) is 10.5. The Morgan fingerprint density at radius 1 is 1.13 bits per heavy atom. The number of carbonyl (C=O) groups excluding carboxylic acids is 2. The van der Waals surface area contributed by atoms with E-state index in [-0.39, 0.29) is 11.0 Å². The third-order valence-corrected chi connectivity index (χ3v) is 3.89. The number of carbonyl (C=O) groups is 2. The Balaban J connectivity index is 1.77. The zero-order valence-corrected chi connectivity index (χ0v) is 14.1. The van der Waals surface area contributed by atoms with Crippen LogP contribution < -0.4 is 16.2 Å². The molecule has 1 aromatic carbocycles. The van der Waals surface area contributed by atoms with Gasteiger partial charge >= 0.3 is 0 Å². The Hall–Kier alpha value is -2.22. The van der Waals surface area contributed by atoms with Crippen molar-refractivity contribution in [2.45, 2.75) is 0 Å². The fourth-order valence-corrected chi connectivity index (χ4v) is 2.41. The lowest BCUT2D eigenvalue weighted by Gasteiger charge is -2.08. The summed E-state index contributed by atoms with van der Waals surface area (Å²) in [5, 5.41) is 4.83. The number of nitrogens with one attached hydrogen (secondary N) is 3. The summed E-state index contributed by atoms with van der Waals surface area (Å²) < 4.78 is 0. The normalized spacial score (nSPS) is 10.3. The second-order valence-corrected chi connectivity index (χ2v) is 6.05. The van der Waals surface area contributed by atoms with Gasteiger partial charge in [-0.25, -0.2) is 0 Å². The summed E-state index contributed by atoms with van der Waals surface area (Å²) in [5.74, 6) is -0.740. The third-order valence-electron chi connectivity index (χ3n) is 2.57. The van der Waals surface area contributed by atoms with E-state index in [0.717, 1.165) is 5.56 Å². The molecule has 5 nitrogen and oxygen atoms in total. The highest BCUT2D eigenvalue weighted by atomic mass is 35.5. The number of hydrazine groups is 1. The van der Waals surface area contributed by atoms with Crippen molar-refractivity contribution in [1.29, 1.82) is 0 Å². The highest BCUT2D eigenvalue weighted by Crippen LogP contribution is 2.10. The molecule has 2 amide bonds. The summed E-state index contributed by atoms with van der Waals surface area (Å²) in [7, 11) is 0. The molecule has 0 bridgehead atoms. The lowest BCUT2D eigenvalue weighted by Crippen LogP contribution is -2.48. The van der Waals surface area contributed by atoms with Gasteiger partial charge in [0.25, 0.3) is 5.91 Å². The fraction of sp³-hybridized carbons (Fsp3) is 0. The standard InChI is InChI=1S/C15H12ClN3O2S2/c16-11-6-3-10(4-7-11)5-8-13(20)17-15(22)19-18-14(21)12-2-1-9-23-12/h1-9H,(H,18,21)(H2,17,19,20,22)/b8-5+. The summed E-state index contributed by atoms with van der Waals surface area (Å²) in [4.78, 5) is 23.9. The van der Waals surface area contributed by atoms with Crippen LogP contribution in [-0.2, 0) is 4.79 Å². The maximum absolute atomic E-state index is 11.7. The molecule has 3 N–H and O–H groups in total. The van der Waals surface area contributed by atoms with Crippen molar-refractivity contribution in [1.82, 2.24) is 16.2 Å². The van der Waals surface area contributed by atoms with Crippen LogP contribution in [0.2, 0.25) is 5.02 Å². The molecule has 8 heteroatoms.